The van der Waals surface area contributed by atoms with Gasteiger partial charge in [0.15, 0.2) is 0 Å². The first kappa shape index (κ1) is 9.15. The topological polar surface area (TPSA) is 12.4 Å². The molecule has 0 aromatic heterocycles. The van der Waals surface area contributed by atoms with Crippen molar-refractivity contribution in [3.05, 3.63) is 0 Å². The molecule has 2 heteroatoms. The SMILES string of the molecule is CCC(Br)C=NC(C)C. The predicted octanol–water partition coefficient (Wildman–Crippen LogP) is 2.64. The summed E-state index contributed by atoms with van der Waals surface area (Å²) in [5.74, 6) is 0. The van der Waals surface area contributed by atoms with Crippen molar-refractivity contribution in [2.45, 2.75) is 38.1 Å². The van der Waals surface area contributed by atoms with Crippen LogP contribution in [0.15, 0.2) is 4.99 Å². The molecule has 0 aromatic rings. The van der Waals surface area contributed by atoms with Crippen LogP contribution in [0.4, 0.5) is 0 Å². The van der Waals surface area contributed by atoms with Crippen LogP contribution >= 0.6 is 15.9 Å². The maximum absolute atomic E-state index is 4.22. The third kappa shape index (κ3) is 6.03. The maximum Gasteiger partial charge on any atom is 0.0491 e. The first-order valence-electron chi connectivity index (χ1n) is 3.34. The third-order valence-electron chi connectivity index (χ3n) is 0.936. The Bertz CT molecular complexity index is 88.9. The summed E-state index contributed by atoms with van der Waals surface area (Å²) in [6.45, 7) is 6.28. The highest BCUT2D eigenvalue weighted by atomic mass is 79.9. The van der Waals surface area contributed by atoms with E-state index < -0.39 is 0 Å². The molecule has 0 saturated heterocycles. The molecular formula is C7H14BrN. The van der Waals surface area contributed by atoms with Gasteiger partial charge >= 0.3 is 0 Å². The van der Waals surface area contributed by atoms with Gasteiger partial charge in [-0.3, -0.25) is 4.99 Å². The fourth-order valence-electron chi connectivity index (χ4n) is 0.371. The smallest absolute Gasteiger partial charge is 0.0491 e. The monoisotopic (exact) mass is 191 g/mol. The van der Waals surface area contributed by atoms with Crippen molar-refractivity contribution >= 4 is 22.1 Å². The van der Waals surface area contributed by atoms with Gasteiger partial charge in [0.05, 0.1) is 0 Å². The van der Waals surface area contributed by atoms with Gasteiger partial charge in [0.2, 0.25) is 0 Å². The highest BCUT2D eigenvalue weighted by Crippen LogP contribution is 2.00. The fraction of sp³-hybridized carbons (Fsp3) is 0.857. The van der Waals surface area contributed by atoms with Crippen LogP contribution in [-0.2, 0) is 0 Å². The lowest BCUT2D eigenvalue weighted by atomic mass is 10.3. The molecule has 9 heavy (non-hydrogen) atoms. The van der Waals surface area contributed by atoms with E-state index in [1.54, 1.807) is 0 Å². The Morgan fingerprint density at radius 3 is 2.44 bits per heavy atom. The van der Waals surface area contributed by atoms with E-state index in [0.717, 1.165) is 6.42 Å². The van der Waals surface area contributed by atoms with E-state index in [-0.39, 0.29) is 0 Å². The molecule has 0 aliphatic carbocycles. The maximum atomic E-state index is 4.22. The molecule has 0 N–H and O–H groups in total. The molecule has 0 aliphatic heterocycles. The number of halogens is 1. The average Bonchev–Trinajstić information content (AvgIpc) is 1.83. The van der Waals surface area contributed by atoms with Gasteiger partial charge in [0, 0.05) is 17.1 Å². The quantitative estimate of drug-likeness (QED) is 0.481. The first-order valence-corrected chi connectivity index (χ1v) is 4.25. The van der Waals surface area contributed by atoms with Gasteiger partial charge in [0.25, 0.3) is 0 Å². The molecule has 0 amide bonds. The van der Waals surface area contributed by atoms with E-state index in [2.05, 4.69) is 41.7 Å². The summed E-state index contributed by atoms with van der Waals surface area (Å²) in [4.78, 5) is 4.68. The Morgan fingerprint density at radius 1 is 1.56 bits per heavy atom. The zero-order valence-electron chi connectivity index (χ0n) is 6.26. The minimum absolute atomic E-state index is 0.427. The van der Waals surface area contributed by atoms with Crippen LogP contribution in [0.2, 0.25) is 0 Å². The molecule has 0 radical (unpaired) electrons. The second-order valence-electron chi connectivity index (χ2n) is 2.32. The van der Waals surface area contributed by atoms with Gasteiger partial charge < -0.3 is 0 Å². The van der Waals surface area contributed by atoms with E-state index in [1.807, 2.05) is 6.21 Å². The molecule has 0 aliphatic rings. The van der Waals surface area contributed by atoms with Crippen molar-refractivity contribution < 1.29 is 0 Å². The molecule has 0 bridgehead atoms. The Labute approximate surface area is 65.7 Å². The van der Waals surface area contributed by atoms with Gasteiger partial charge in [-0.1, -0.05) is 22.9 Å². The Morgan fingerprint density at radius 2 is 2.11 bits per heavy atom. The molecule has 0 rings (SSSR count). The molecular weight excluding hydrogens is 178 g/mol. The summed E-state index contributed by atoms with van der Waals surface area (Å²) in [6, 6.07) is 0.427. The lowest BCUT2D eigenvalue weighted by molar-refractivity contribution is 0.834. The number of nitrogens with zero attached hydrogens (tertiary/aromatic N) is 1. The van der Waals surface area contributed by atoms with Crippen molar-refractivity contribution in [3.8, 4) is 0 Å². The van der Waals surface area contributed by atoms with Gasteiger partial charge in [0.1, 0.15) is 0 Å². The first-order chi connectivity index (χ1) is 4.16. The van der Waals surface area contributed by atoms with Crippen LogP contribution in [0.3, 0.4) is 0 Å². The van der Waals surface area contributed by atoms with Crippen molar-refractivity contribution in [3.63, 3.8) is 0 Å². The molecule has 0 spiro atoms. The summed E-state index contributed by atoms with van der Waals surface area (Å²) >= 11 is 3.46. The van der Waals surface area contributed by atoms with E-state index in [4.69, 9.17) is 0 Å². The largest absolute Gasteiger partial charge is 0.294 e. The molecule has 1 unspecified atom stereocenters. The second kappa shape index (κ2) is 4.98. The third-order valence-corrected chi connectivity index (χ3v) is 1.82. The Hall–Kier alpha value is 0.150. The lowest BCUT2D eigenvalue weighted by Gasteiger charge is -1.98. The predicted molar refractivity (Wildman–Crippen MR) is 46.6 cm³/mol. The van der Waals surface area contributed by atoms with Crippen molar-refractivity contribution in [1.82, 2.24) is 0 Å². The number of hydrogen-bond donors (Lipinski definition) is 0. The fourth-order valence-corrected chi connectivity index (χ4v) is 0.507. The van der Waals surface area contributed by atoms with Crippen LogP contribution < -0.4 is 0 Å². The average molecular weight is 192 g/mol. The normalized spacial score (nSPS) is 15.2. The van der Waals surface area contributed by atoms with Crippen LogP contribution in [0.25, 0.3) is 0 Å². The zero-order chi connectivity index (χ0) is 7.28. The molecule has 1 atom stereocenters. The minimum atomic E-state index is 0.427. The Balaban J connectivity index is 3.43. The van der Waals surface area contributed by atoms with Crippen molar-refractivity contribution in [2.75, 3.05) is 0 Å². The van der Waals surface area contributed by atoms with Crippen LogP contribution in [0.1, 0.15) is 27.2 Å². The highest BCUT2D eigenvalue weighted by Gasteiger charge is 1.93. The van der Waals surface area contributed by atoms with Crippen LogP contribution in [-0.4, -0.2) is 17.1 Å². The van der Waals surface area contributed by atoms with E-state index in [1.165, 1.54) is 0 Å². The number of rotatable bonds is 3. The summed E-state index contributed by atoms with van der Waals surface area (Å²) in [7, 11) is 0. The second-order valence-corrected chi connectivity index (χ2v) is 3.49. The van der Waals surface area contributed by atoms with Crippen LogP contribution in [0.5, 0.6) is 0 Å². The molecule has 0 aromatic carbocycles. The molecule has 54 valence electrons. The molecule has 0 saturated carbocycles. The van der Waals surface area contributed by atoms with Gasteiger partial charge in [-0.05, 0) is 20.3 Å². The molecule has 1 nitrogen and oxygen atoms in total. The van der Waals surface area contributed by atoms with Crippen molar-refractivity contribution in [2.24, 2.45) is 4.99 Å². The summed E-state index contributed by atoms with van der Waals surface area (Å²) in [5.41, 5.74) is 0. The van der Waals surface area contributed by atoms with E-state index >= 15 is 0 Å². The van der Waals surface area contributed by atoms with E-state index in [0.29, 0.717) is 10.9 Å². The van der Waals surface area contributed by atoms with Crippen molar-refractivity contribution in [1.29, 1.82) is 0 Å². The summed E-state index contributed by atoms with van der Waals surface area (Å²) < 4.78 is 0. The van der Waals surface area contributed by atoms with Gasteiger partial charge in [-0.15, -0.1) is 0 Å². The molecule has 0 heterocycles. The number of aliphatic imine (C=N–C) groups is 1. The lowest BCUT2D eigenvalue weighted by Crippen LogP contribution is -1.99. The summed E-state index contributed by atoms with van der Waals surface area (Å²) in [6.07, 6.45) is 3.07. The Kier molecular flexibility index (Phi) is 5.06. The number of hydrogen-bond acceptors (Lipinski definition) is 1. The summed E-state index contributed by atoms with van der Waals surface area (Å²) in [5, 5.41) is 0. The highest BCUT2D eigenvalue weighted by molar-refractivity contribution is 9.09. The van der Waals surface area contributed by atoms with E-state index in [9.17, 15) is 0 Å². The zero-order valence-corrected chi connectivity index (χ0v) is 7.85. The number of alkyl halides is 1. The van der Waals surface area contributed by atoms with Gasteiger partial charge in [-0.2, -0.15) is 0 Å². The minimum Gasteiger partial charge on any atom is -0.294 e. The van der Waals surface area contributed by atoms with Crippen LogP contribution in [0, 0.1) is 0 Å². The standard InChI is InChI=1S/C7H14BrN/c1-4-7(8)5-9-6(2)3/h5-7H,4H2,1-3H3. The van der Waals surface area contributed by atoms with Gasteiger partial charge in [-0.25, -0.2) is 0 Å². The molecule has 0 fully saturated rings.